The molecule has 110 valence electrons. The Morgan fingerprint density at radius 2 is 1.77 bits per heavy atom. The second kappa shape index (κ2) is 5.12. The molecule has 1 aliphatic rings. The van der Waals surface area contributed by atoms with Crippen molar-refractivity contribution in [2.24, 2.45) is 5.73 Å². The Labute approximate surface area is 135 Å². The summed E-state index contributed by atoms with van der Waals surface area (Å²) in [5.41, 5.74) is 9.04. The van der Waals surface area contributed by atoms with Crippen molar-refractivity contribution in [1.29, 1.82) is 0 Å². The van der Waals surface area contributed by atoms with Gasteiger partial charge >= 0.3 is 0 Å². The summed E-state index contributed by atoms with van der Waals surface area (Å²) in [6.45, 7) is 0. The summed E-state index contributed by atoms with van der Waals surface area (Å²) >= 11 is 6.09. The highest BCUT2D eigenvalue weighted by atomic mass is 35.5. The van der Waals surface area contributed by atoms with Crippen molar-refractivity contribution in [3.8, 4) is 0 Å². The first-order valence-corrected chi connectivity index (χ1v) is 8.04. The normalized spacial score (nSPS) is 23.6. The monoisotopic (exact) mass is 307 g/mol. The van der Waals surface area contributed by atoms with E-state index in [1.54, 1.807) is 0 Å². The second-order valence-electron chi connectivity index (χ2n) is 6.40. The second-order valence-corrected chi connectivity index (χ2v) is 6.84. The minimum Gasteiger partial charge on any atom is -0.324 e. The standard InChI is InChI=1S/C20H18ClN/c21-18-7-3-6-17(11-18)19-13-20(19,22)12-14-8-9-15-4-1-2-5-16(15)10-14/h1-11,19H,12-13,22H2. The van der Waals surface area contributed by atoms with Gasteiger partial charge in [-0.15, -0.1) is 0 Å². The summed E-state index contributed by atoms with van der Waals surface area (Å²) in [6, 6.07) is 23.2. The summed E-state index contributed by atoms with van der Waals surface area (Å²) in [5, 5.41) is 3.35. The predicted molar refractivity (Wildman–Crippen MR) is 93.4 cm³/mol. The maximum atomic E-state index is 6.61. The smallest absolute Gasteiger partial charge is 0.0408 e. The fraction of sp³-hybridized carbons (Fsp3) is 0.200. The van der Waals surface area contributed by atoms with Crippen LogP contribution in [-0.4, -0.2) is 5.54 Å². The van der Waals surface area contributed by atoms with Gasteiger partial charge in [-0.3, -0.25) is 0 Å². The molecule has 0 heterocycles. The van der Waals surface area contributed by atoms with Crippen LogP contribution in [0.3, 0.4) is 0 Å². The summed E-state index contributed by atoms with van der Waals surface area (Å²) in [4.78, 5) is 0. The van der Waals surface area contributed by atoms with Gasteiger partial charge in [0.25, 0.3) is 0 Å². The fourth-order valence-corrected chi connectivity index (χ4v) is 3.62. The van der Waals surface area contributed by atoms with Crippen LogP contribution < -0.4 is 5.73 Å². The average Bonchev–Trinajstić information content (AvgIpc) is 3.18. The van der Waals surface area contributed by atoms with Crippen LogP contribution in [0.15, 0.2) is 66.7 Å². The van der Waals surface area contributed by atoms with Crippen molar-refractivity contribution >= 4 is 22.4 Å². The molecule has 0 saturated heterocycles. The van der Waals surface area contributed by atoms with Gasteiger partial charge in [-0.25, -0.2) is 0 Å². The minimum absolute atomic E-state index is 0.132. The molecule has 1 fully saturated rings. The van der Waals surface area contributed by atoms with E-state index in [1.165, 1.54) is 21.9 Å². The van der Waals surface area contributed by atoms with Gasteiger partial charge in [0.2, 0.25) is 0 Å². The lowest BCUT2D eigenvalue weighted by molar-refractivity contribution is 0.646. The SMILES string of the molecule is NC1(Cc2ccc3ccccc3c2)CC1c1cccc(Cl)c1. The van der Waals surface area contributed by atoms with Crippen molar-refractivity contribution < 1.29 is 0 Å². The van der Waals surface area contributed by atoms with E-state index in [4.69, 9.17) is 17.3 Å². The first-order valence-electron chi connectivity index (χ1n) is 7.66. The maximum absolute atomic E-state index is 6.61. The molecule has 0 aromatic heterocycles. The Balaban J connectivity index is 1.58. The van der Waals surface area contributed by atoms with E-state index in [-0.39, 0.29) is 5.54 Å². The lowest BCUT2D eigenvalue weighted by Crippen LogP contribution is -2.27. The van der Waals surface area contributed by atoms with E-state index in [1.807, 2.05) is 18.2 Å². The Kier molecular flexibility index (Phi) is 3.21. The van der Waals surface area contributed by atoms with Gasteiger partial charge in [0, 0.05) is 16.5 Å². The Bertz CT molecular complexity index is 842. The van der Waals surface area contributed by atoms with Gasteiger partial charge in [-0.2, -0.15) is 0 Å². The van der Waals surface area contributed by atoms with Crippen molar-refractivity contribution in [3.63, 3.8) is 0 Å². The molecule has 2 atom stereocenters. The summed E-state index contributed by atoms with van der Waals surface area (Å²) in [5.74, 6) is 0.415. The molecule has 2 N–H and O–H groups in total. The zero-order chi connectivity index (χ0) is 15.2. The number of fused-ring (bicyclic) bond motifs is 1. The van der Waals surface area contributed by atoms with Crippen LogP contribution in [0.4, 0.5) is 0 Å². The predicted octanol–water partition coefficient (Wildman–Crippen LogP) is 4.92. The molecule has 0 spiro atoms. The third kappa shape index (κ3) is 2.51. The van der Waals surface area contributed by atoms with E-state index < -0.39 is 0 Å². The Hall–Kier alpha value is -1.83. The van der Waals surface area contributed by atoms with Crippen LogP contribution >= 0.6 is 11.6 Å². The van der Waals surface area contributed by atoms with Crippen LogP contribution in [0.5, 0.6) is 0 Å². The van der Waals surface area contributed by atoms with Gasteiger partial charge in [-0.1, -0.05) is 66.2 Å². The third-order valence-electron chi connectivity index (χ3n) is 4.72. The Morgan fingerprint density at radius 1 is 0.955 bits per heavy atom. The van der Waals surface area contributed by atoms with Gasteiger partial charge in [0.15, 0.2) is 0 Å². The van der Waals surface area contributed by atoms with E-state index in [9.17, 15) is 0 Å². The first-order chi connectivity index (χ1) is 10.6. The highest BCUT2D eigenvalue weighted by molar-refractivity contribution is 6.30. The molecule has 0 amide bonds. The largest absolute Gasteiger partial charge is 0.324 e. The third-order valence-corrected chi connectivity index (χ3v) is 4.95. The van der Waals surface area contributed by atoms with Gasteiger partial charge < -0.3 is 5.73 Å². The average molecular weight is 308 g/mol. The maximum Gasteiger partial charge on any atom is 0.0408 e. The molecule has 1 saturated carbocycles. The lowest BCUT2D eigenvalue weighted by atomic mass is 9.97. The van der Waals surface area contributed by atoms with Crippen molar-refractivity contribution in [2.75, 3.05) is 0 Å². The molecule has 0 aliphatic heterocycles. The van der Waals surface area contributed by atoms with E-state index in [0.29, 0.717) is 5.92 Å². The number of nitrogens with two attached hydrogens (primary N) is 1. The van der Waals surface area contributed by atoms with Crippen molar-refractivity contribution in [1.82, 2.24) is 0 Å². The van der Waals surface area contributed by atoms with Crippen LogP contribution in [0, 0.1) is 0 Å². The minimum atomic E-state index is -0.132. The molecule has 0 radical (unpaired) electrons. The molecule has 1 nitrogen and oxygen atoms in total. The van der Waals surface area contributed by atoms with Crippen molar-refractivity contribution in [2.45, 2.75) is 24.3 Å². The quantitative estimate of drug-likeness (QED) is 0.730. The van der Waals surface area contributed by atoms with Gasteiger partial charge in [0.1, 0.15) is 0 Å². The molecule has 4 rings (SSSR count). The van der Waals surface area contributed by atoms with E-state index >= 15 is 0 Å². The molecule has 2 heteroatoms. The zero-order valence-electron chi connectivity index (χ0n) is 12.3. The topological polar surface area (TPSA) is 26.0 Å². The lowest BCUT2D eigenvalue weighted by Gasteiger charge is -2.13. The summed E-state index contributed by atoms with van der Waals surface area (Å²) < 4.78 is 0. The number of halogens is 1. The fourth-order valence-electron chi connectivity index (χ4n) is 3.42. The molecule has 3 aromatic carbocycles. The highest BCUT2D eigenvalue weighted by Gasteiger charge is 2.51. The molecule has 22 heavy (non-hydrogen) atoms. The first kappa shape index (κ1) is 13.8. The molecule has 1 aliphatic carbocycles. The molecule has 0 bridgehead atoms. The molecular formula is C20H18ClN. The van der Waals surface area contributed by atoms with Crippen LogP contribution in [0.1, 0.15) is 23.5 Å². The molecule has 2 unspecified atom stereocenters. The summed E-state index contributed by atoms with van der Waals surface area (Å²) in [6.07, 6.45) is 1.94. The molecular weight excluding hydrogens is 290 g/mol. The summed E-state index contributed by atoms with van der Waals surface area (Å²) in [7, 11) is 0. The Morgan fingerprint density at radius 3 is 2.59 bits per heavy atom. The zero-order valence-corrected chi connectivity index (χ0v) is 13.1. The molecule has 3 aromatic rings. The number of rotatable bonds is 3. The van der Waals surface area contributed by atoms with Crippen molar-refractivity contribution in [3.05, 3.63) is 82.9 Å². The number of hydrogen-bond donors (Lipinski definition) is 1. The van der Waals surface area contributed by atoms with Crippen LogP contribution in [0.25, 0.3) is 10.8 Å². The number of hydrogen-bond acceptors (Lipinski definition) is 1. The van der Waals surface area contributed by atoms with E-state index in [2.05, 4.69) is 48.5 Å². The van der Waals surface area contributed by atoms with Crippen LogP contribution in [0.2, 0.25) is 5.02 Å². The number of benzene rings is 3. The van der Waals surface area contributed by atoms with Gasteiger partial charge in [-0.05, 0) is 46.9 Å². The van der Waals surface area contributed by atoms with Gasteiger partial charge in [0.05, 0.1) is 0 Å². The van der Waals surface area contributed by atoms with Crippen LogP contribution in [-0.2, 0) is 6.42 Å². The highest BCUT2D eigenvalue weighted by Crippen LogP contribution is 2.51. The van der Waals surface area contributed by atoms with E-state index in [0.717, 1.165) is 17.9 Å².